The summed E-state index contributed by atoms with van der Waals surface area (Å²) in [6.07, 6.45) is -0.893. The first-order valence-electron chi connectivity index (χ1n) is 6.59. The number of rotatable bonds is 6. The normalized spacial score (nSPS) is 11.7. The Hall–Kier alpha value is -1.99. The van der Waals surface area contributed by atoms with E-state index < -0.39 is 12.1 Å². The summed E-state index contributed by atoms with van der Waals surface area (Å²) in [5, 5.41) is 4.63. The zero-order chi connectivity index (χ0) is 16.1. The molecule has 0 aromatic carbocycles. The van der Waals surface area contributed by atoms with E-state index in [0.717, 1.165) is 16.2 Å². The Bertz CT molecular complexity index is 676. The number of nitrogens with one attached hydrogen (secondary N) is 1. The van der Waals surface area contributed by atoms with Crippen molar-refractivity contribution < 1.29 is 19.1 Å². The number of carbonyl (C=O) groups is 3. The molecule has 0 radical (unpaired) electrons. The lowest BCUT2D eigenvalue weighted by atomic mass is 10.3. The fraction of sp³-hybridized carbons (Fsp3) is 0.267. The molecule has 1 N–H and O–H groups in total. The molecule has 7 heteroatoms. The molecule has 2 rings (SSSR count). The molecule has 0 aliphatic rings. The molecule has 5 nitrogen and oxygen atoms in total. The standard InChI is InChI=1S/C15H15NO4S2/c1-9(17)12-5-6-13(22-12)15(19)20-10(2)14(18)16-8-11-4-3-7-21-11/h3-7,10H,8H2,1-2H3,(H,16,18). The minimum atomic E-state index is -0.893. The highest BCUT2D eigenvalue weighted by atomic mass is 32.1. The molecule has 0 saturated carbocycles. The Morgan fingerprint density at radius 1 is 1.23 bits per heavy atom. The fourth-order valence-electron chi connectivity index (χ4n) is 1.64. The predicted octanol–water partition coefficient (Wildman–Crippen LogP) is 2.87. The van der Waals surface area contributed by atoms with Crippen molar-refractivity contribution in [3.8, 4) is 0 Å². The third-order valence-electron chi connectivity index (χ3n) is 2.82. The van der Waals surface area contributed by atoms with E-state index in [1.807, 2.05) is 17.5 Å². The van der Waals surface area contributed by atoms with E-state index >= 15 is 0 Å². The molecule has 0 aliphatic heterocycles. The molecule has 2 aromatic heterocycles. The number of esters is 1. The van der Waals surface area contributed by atoms with Crippen LogP contribution in [-0.2, 0) is 16.1 Å². The van der Waals surface area contributed by atoms with E-state index in [0.29, 0.717) is 16.3 Å². The molecule has 0 aliphatic carbocycles. The van der Waals surface area contributed by atoms with Crippen LogP contribution < -0.4 is 5.32 Å². The number of Topliss-reactive ketones (excluding diaryl/α,β-unsaturated/α-hetero) is 1. The fourth-order valence-corrected chi connectivity index (χ4v) is 3.07. The van der Waals surface area contributed by atoms with Gasteiger partial charge in [-0.05, 0) is 37.4 Å². The molecule has 2 heterocycles. The van der Waals surface area contributed by atoms with Gasteiger partial charge in [0.15, 0.2) is 11.9 Å². The molecule has 116 valence electrons. The average molecular weight is 337 g/mol. The second-order valence-electron chi connectivity index (χ2n) is 4.56. The molecule has 1 atom stereocenters. The molecule has 1 amide bonds. The Labute approximate surface area is 135 Å². The van der Waals surface area contributed by atoms with E-state index in [-0.39, 0.29) is 11.7 Å². The topological polar surface area (TPSA) is 72.5 Å². The van der Waals surface area contributed by atoms with Gasteiger partial charge in [-0.2, -0.15) is 0 Å². The van der Waals surface area contributed by atoms with Crippen molar-refractivity contribution in [3.63, 3.8) is 0 Å². The van der Waals surface area contributed by atoms with Crippen LogP contribution in [0.5, 0.6) is 0 Å². The first kappa shape index (κ1) is 16.4. The number of ether oxygens (including phenoxy) is 1. The van der Waals surface area contributed by atoms with Crippen LogP contribution in [-0.4, -0.2) is 23.8 Å². The smallest absolute Gasteiger partial charge is 0.349 e. The predicted molar refractivity (Wildman–Crippen MR) is 85.4 cm³/mol. The Balaban J connectivity index is 1.86. The molecular weight excluding hydrogens is 322 g/mol. The molecular formula is C15H15NO4S2. The molecule has 0 spiro atoms. The van der Waals surface area contributed by atoms with Crippen LogP contribution >= 0.6 is 22.7 Å². The van der Waals surface area contributed by atoms with E-state index in [4.69, 9.17) is 4.74 Å². The second-order valence-corrected chi connectivity index (χ2v) is 6.68. The SMILES string of the molecule is CC(=O)c1ccc(C(=O)OC(C)C(=O)NCc2cccs2)s1. The van der Waals surface area contributed by atoms with Crippen LogP contribution in [0.4, 0.5) is 0 Å². The highest BCUT2D eigenvalue weighted by Gasteiger charge is 2.20. The quantitative estimate of drug-likeness (QED) is 0.650. The van der Waals surface area contributed by atoms with Gasteiger partial charge in [0.1, 0.15) is 4.88 Å². The minimum absolute atomic E-state index is 0.106. The highest BCUT2D eigenvalue weighted by molar-refractivity contribution is 7.15. The van der Waals surface area contributed by atoms with Crippen LogP contribution in [0.1, 0.15) is 38.1 Å². The zero-order valence-electron chi connectivity index (χ0n) is 12.1. The summed E-state index contributed by atoms with van der Waals surface area (Å²) in [5.41, 5.74) is 0. The monoisotopic (exact) mass is 337 g/mol. The number of carbonyl (C=O) groups excluding carboxylic acids is 3. The van der Waals surface area contributed by atoms with Crippen molar-refractivity contribution in [2.24, 2.45) is 0 Å². The second kappa shape index (κ2) is 7.33. The number of amides is 1. The zero-order valence-corrected chi connectivity index (χ0v) is 13.8. The van der Waals surface area contributed by atoms with Crippen LogP contribution in [0.3, 0.4) is 0 Å². The van der Waals surface area contributed by atoms with Gasteiger partial charge in [0.25, 0.3) is 5.91 Å². The van der Waals surface area contributed by atoms with E-state index in [9.17, 15) is 14.4 Å². The van der Waals surface area contributed by atoms with Gasteiger partial charge >= 0.3 is 5.97 Å². The van der Waals surface area contributed by atoms with Crippen molar-refractivity contribution in [3.05, 3.63) is 44.3 Å². The summed E-state index contributed by atoms with van der Waals surface area (Å²) in [6.45, 7) is 3.36. The van der Waals surface area contributed by atoms with Gasteiger partial charge in [-0.25, -0.2) is 4.79 Å². The van der Waals surface area contributed by atoms with Gasteiger partial charge in [-0.15, -0.1) is 22.7 Å². The molecule has 1 unspecified atom stereocenters. The van der Waals surface area contributed by atoms with Gasteiger partial charge in [0, 0.05) is 4.88 Å². The van der Waals surface area contributed by atoms with Crippen LogP contribution in [0.2, 0.25) is 0 Å². The molecule has 0 fully saturated rings. The van der Waals surface area contributed by atoms with Crippen molar-refractivity contribution in [2.75, 3.05) is 0 Å². The van der Waals surface area contributed by atoms with Crippen LogP contribution in [0, 0.1) is 0 Å². The molecule has 0 saturated heterocycles. The lowest BCUT2D eigenvalue weighted by Crippen LogP contribution is -2.35. The Morgan fingerprint density at radius 2 is 1.95 bits per heavy atom. The maximum Gasteiger partial charge on any atom is 0.349 e. The number of thiophene rings is 2. The Morgan fingerprint density at radius 3 is 2.55 bits per heavy atom. The molecule has 0 bridgehead atoms. The van der Waals surface area contributed by atoms with E-state index in [1.165, 1.54) is 19.9 Å². The first-order chi connectivity index (χ1) is 10.5. The lowest BCUT2D eigenvalue weighted by molar-refractivity contribution is -0.129. The first-order valence-corrected chi connectivity index (χ1v) is 8.29. The summed E-state index contributed by atoms with van der Waals surface area (Å²) in [4.78, 5) is 36.8. The summed E-state index contributed by atoms with van der Waals surface area (Å²) < 4.78 is 5.11. The van der Waals surface area contributed by atoms with Gasteiger partial charge in [-0.1, -0.05) is 6.07 Å². The van der Waals surface area contributed by atoms with Gasteiger partial charge in [-0.3, -0.25) is 9.59 Å². The lowest BCUT2D eigenvalue weighted by Gasteiger charge is -2.12. The maximum absolute atomic E-state index is 11.9. The number of hydrogen-bond donors (Lipinski definition) is 1. The third-order valence-corrected chi connectivity index (χ3v) is 4.87. The van der Waals surface area contributed by atoms with Crippen LogP contribution in [0.25, 0.3) is 0 Å². The average Bonchev–Trinajstić information content (AvgIpc) is 3.15. The van der Waals surface area contributed by atoms with Crippen molar-refractivity contribution >= 4 is 40.3 Å². The van der Waals surface area contributed by atoms with Gasteiger partial charge in [0.05, 0.1) is 11.4 Å². The van der Waals surface area contributed by atoms with Gasteiger partial charge in [0.2, 0.25) is 0 Å². The largest absolute Gasteiger partial charge is 0.448 e. The van der Waals surface area contributed by atoms with Crippen molar-refractivity contribution in [1.82, 2.24) is 5.32 Å². The highest BCUT2D eigenvalue weighted by Crippen LogP contribution is 2.18. The van der Waals surface area contributed by atoms with Crippen molar-refractivity contribution in [2.45, 2.75) is 26.5 Å². The summed E-state index contributed by atoms with van der Waals surface area (Å²) in [6, 6.07) is 6.92. The summed E-state index contributed by atoms with van der Waals surface area (Å²) >= 11 is 2.60. The number of ketones is 1. The summed E-state index contributed by atoms with van der Waals surface area (Å²) in [7, 11) is 0. The maximum atomic E-state index is 11.9. The Kier molecular flexibility index (Phi) is 5.46. The van der Waals surface area contributed by atoms with E-state index in [1.54, 1.807) is 17.4 Å². The van der Waals surface area contributed by atoms with Gasteiger partial charge < -0.3 is 10.1 Å². The molecule has 2 aromatic rings. The minimum Gasteiger partial charge on any atom is -0.448 e. The van der Waals surface area contributed by atoms with Crippen LogP contribution in [0.15, 0.2) is 29.6 Å². The summed E-state index contributed by atoms with van der Waals surface area (Å²) in [5.74, 6) is -1.06. The van der Waals surface area contributed by atoms with E-state index in [2.05, 4.69) is 5.32 Å². The molecule has 22 heavy (non-hydrogen) atoms. The third kappa shape index (κ3) is 4.25. The van der Waals surface area contributed by atoms with Crippen molar-refractivity contribution in [1.29, 1.82) is 0 Å². The number of hydrogen-bond acceptors (Lipinski definition) is 6.